The van der Waals surface area contributed by atoms with Crippen molar-refractivity contribution < 1.29 is 0 Å². The first-order valence-corrected chi connectivity index (χ1v) is 5.89. The standard InChI is InChI=1S/C12H9BrN4/c13-9-3-1-8(2-4-9)10-7-12-15-11(14)5-6-17(12)16-10/h1-7H,(H2,14,15). The van der Waals surface area contributed by atoms with Gasteiger partial charge in [-0.05, 0) is 18.2 Å². The Labute approximate surface area is 106 Å². The van der Waals surface area contributed by atoms with Crippen molar-refractivity contribution in [1.82, 2.24) is 14.6 Å². The normalized spacial score (nSPS) is 10.9. The number of anilines is 1. The van der Waals surface area contributed by atoms with E-state index >= 15 is 0 Å². The highest BCUT2D eigenvalue weighted by Crippen LogP contribution is 2.21. The van der Waals surface area contributed by atoms with Crippen LogP contribution in [0.4, 0.5) is 5.82 Å². The van der Waals surface area contributed by atoms with Crippen molar-refractivity contribution in [2.45, 2.75) is 0 Å². The molecule has 0 bridgehead atoms. The highest BCUT2D eigenvalue weighted by molar-refractivity contribution is 9.10. The predicted octanol–water partition coefficient (Wildman–Crippen LogP) is 2.74. The van der Waals surface area contributed by atoms with Crippen LogP contribution in [0.15, 0.2) is 47.1 Å². The van der Waals surface area contributed by atoms with Gasteiger partial charge in [-0.1, -0.05) is 28.1 Å². The van der Waals surface area contributed by atoms with E-state index in [-0.39, 0.29) is 0 Å². The highest BCUT2D eigenvalue weighted by atomic mass is 79.9. The van der Waals surface area contributed by atoms with E-state index in [1.807, 2.05) is 30.3 Å². The Morgan fingerprint density at radius 2 is 1.88 bits per heavy atom. The summed E-state index contributed by atoms with van der Waals surface area (Å²) in [5.41, 5.74) is 8.32. The maximum absolute atomic E-state index is 5.63. The lowest BCUT2D eigenvalue weighted by atomic mass is 10.2. The van der Waals surface area contributed by atoms with Crippen molar-refractivity contribution in [2.24, 2.45) is 0 Å². The zero-order valence-electron chi connectivity index (χ0n) is 8.84. The number of benzene rings is 1. The van der Waals surface area contributed by atoms with Gasteiger partial charge in [0.15, 0.2) is 5.65 Å². The van der Waals surface area contributed by atoms with E-state index in [9.17, 15) is 0 Å². The van der Waals surface area contributed by atoms with E-state index in [4.69, 9.17) is 5.73 Å². The molecule has 0 amide bonds. The van der Waals surface area contributed by atoms with Crippen molar-refractivity contribution in [3.05, 3.63) is 47.1 Å². The fourth-order valence-corrected chi connectivity index (χ4v) is 1.92. The van der Waals surface area contributed by atoms with Crippen molar-refractivity contribution in [3.63, 3.8) is 0 Å². The quantitative estimate of drug-likeness (QED) is 0.749. The monoisotopic (exact) mass is 288 g/mol. The summed E-state index contributed by atoms with van der Waals surface area (Å²) in [5.74, 6) is 0.500. The number of hydrogen-bond donors (Lipinski definition) is 1. The van der Waals surface area contributed by atoms with E-state index in [0.717, 1.165) is 21.4 Å². The Morgan fingerprint density at radius 3 is 2.65 bits per heavy atom. The molecule has 0 fully saturated rings. The minimum atomic E-state index is 0.500. The molecule has 2 N–H and O–H groups in total. The van der Waals surface area contributed by atoms with Crippen LogP contribution < -0.4 is 5.73 Å². The number of nitrogens with two attached hydrogens (primary N) is 1. The first-order chi connectivity index (χ1) is 8.22. The zero-order chi connectivity index (χ0) is 11.8. The molecule has 0 unspecified atom stereocenters. The van der Waals surface area contributed by atoms with E-state index in [2.05, 4.69) is 26.0 Å². The molecule has 3 rings (SSSR count). The van der Waals surface area contributed by atoms with Gasteiger partial charge in [0.1, 0.15) is 5.82 Å². The molecular weight excluding hydrogens is 280 g/mol. The van der Waals surface area contributed by atoms with Crippen LogP contribution in [0.3, 0.4) is 0 Å². The third kappa shape index (κ3) is 1.89. The number of halogens is 1. The van der Waals surface area contributed by atoms with Crippen LogP contribution in [0.2, 0.25) is 0 Å². The van der Waals surface area contributed by atoms with Crippen LogP contribution in [-0.2, 0) is 0 Å². The molecule has 84 valence electrons. The Morgan fingerprint density at radius 1 is 1.12 bits per heavy atom. The number of rotatable bonds is 1. The second kappa shape index (κ2) is 3.85. The summed E-state index contributed by atoms with van der Waals surface area (Å²) in [6, 6.07) is 11.6. The van der Waals surface area contributed by atoms with Gasteiger partial charge >= 0.3 is 0 Å². The summed E-state index contributed by atoms with van der Waals surface area (Å²) >= 11 is 3.41. The Bertz CT molecular complexity index is 673. The molecule has 2 aromatic heterocycles. The molecule has 3 aromatic rings. The van der Waals surface area contributed by atoms with Gasteiger partial charge in [-0.25, -0.2) is 9.50 Å². The lowest BCUT2D eigenvalue weighted by Gasteiger charge is -1.95. The number of nitrogen functional groups attached to an aromatic ring is 1. The molecule has 17 heavy (non-hydrogen) atoms. The minimum Gasteiger partial charge on any atom is -0.384 e. The molecule has 0 spiro atoms. The fraction of sp³-hybridized carbons (Fsp3) is 0. The van der Waals surface area contributed by atoms with Crippen molar-refractivity contribution in [2.75, 3.05) is 5.73 Å². The second-order valence-electron chi connectivity index (χ2n) is 3.69. The SMILES string of the molecule is Nc1ccn2nc(-c3ccc(Br)cc3)cc2n1. The predicted molar refractivity (Wildman–Crippen MR) is 70.5 cm³/mol. The molecule has 0 radical (unpaired) electrons. The molecule has 0 atom stereocenters. The van der Waals surface area contributed by atoms with Gasteiger partial charge in [0, 0.05) is 22.3 Å². The first kappa shape index (κ1) is 10.3. The summed E-state index contributed by atoms with van der Waals surface area (Å²) in [7, 11) is 0. The zero-order valence-corrected chi connectivity index (χ0v) is 10.4. The Kier molecular flexibility index (Phi) is 2.33. The molecule has 5 heteroatoms. The molecule has 4 nitrogen and oxygen atoms in total. The molecule has 0 saturated heterocycles. The average molecular weight is 289 g/mol. The molecule has 0 aliphatic rings. The largest absolute Gasteiger partial charge is 0.384 e. The molecule has 1 aromatic carbocycles. The number of aromatic nitrogens is 3. The van der Waals surface area contributed by atoms with Crippen LogP contribution in [0.5, 0.6) is 0 Å². The highest BCUT2D eigenvalue weighted by Gasteiger charge is 2.05. The fourth-order valence-electron chi connectivity index (χ4n) is 1.66. The molecule has 2 heterocycles. The van der Waals surface area contributed by atoms with Gasteiger partial charge in [0.2, 0.25) is 0 Å². The van der Waals surface area contributed by atoms with Crippen molar-refractivity contribution in [1.29, 1.82) is 0 Å². The third-order valence-electron chi connectivity index (χ3n) is 2.49. The summed E-state index contributed by atoms with van der Waals surface area (Å²) in [4.78, 5) is 4.21. The van der Waals surface area contributed by atoms with Gasteiger partial charge in [0.25, 0.3) is 0 Å². The summed E-state index contributed by atoms with van der Waals surface area (Å²) < 4.78 is 2.76. The van der Waals surface area contributed by atoms with E-state index in [1.54, 1.807) is 16.8 Å². The average Bonchev–Trinajstić information content (AvgIpc) is 2.72. The number of fused-ring (bicyclic) bond motifs is 1. The lowest BCUT2D eigenvalue weighted by Crippen LogP contribution is -1.94. The molecule has 0 saturated carbocycles. The lowest BCUT2D eigenvalue weighted by molar-refractivity contribution is 0.945. The number of nitrogens with zero attached hydrogens (tertiary/aromatic N) is 3. The molecular formula is C12H9BrN4. The van der Waals surface area contributed by atoms with Gasteiger partial charge in [0.05, 0.1) is 5.69 Å². The molecule has 0 aliphatic carbocycles. The minimum absolute atomic E-state index is 0.500. The summed E-state index contributed by atoms with van der Waals surface area (Å²) in [6.45, 7) is 0. The van der Waals surface area contributed by atoms with Gasteiger partial charge in [-0.2, -0.15) is 5.10 Å². The maximum Gasteiger partial charge on any atom is 0.157 e. The van der Waals surface area contributed by atoms with Gasteiger partial charge < -0.3 is 5.73 Å². The van der Waals surface area contributed by atoms with Crippen LogP contribution in [0.25, 0.3) is 16.9 Å². The van der Waals surface area contributed by atoms with Crippen molar-refractivity contribution in [3.8, 4) is 11.3 Å². The van der Waals surface area contributed by atoms with Crippen LogP contribution in [-0.4, -0.2) is 14.6 Å². The second-order valence-corrected chi connectivity index (χ2v) is 4.61. The Balaban J connectivity index is 2.14. The van der Waals surface area contributed by atoms with Gasteiger partial charge in [-0.3, -0.25) is 0 Å². The maximum atomic E-state index is 5.63. The van der Waals surface area contributed by atoms with Crippen LogP contribution in [0.1, 0.15) is 0 Å². The van der Waals surface area contributed by atoms with Gasteiger partial charge in [-0.15, -0.1) is 0 Å². The Hall–Kier alpha value is -1.88. The smallest absolute Gasteiger partial charge is 0.157 e. The third-order valence-corrected chi connectivity index (χ3v) is 3.01. The van der Waals surface area contributed by atoms with Crippen LogP contribution >= 0.6 is 15.9 Å². The van der Waals surface area contributed by atoms with E-state index in [0.29, 0.717) is 5.82 Å². The summed E-state index contributed by atoms with van der Waals surface area (Å²) in [6.07, 6.45) is 1.81. The van der Waals surface area contributed by atoms with Crippen LogP contribution in [0, 0.1) is 0 Å². The van der Waals surface area contributed by atoms with Crippen molar-refractivity contribution >= 4 is 27.4 Å². The van der Waals surface area contributed by atoms with E-state index < -0.39 is 0 Å². The summed E-state index contributed by atoms with van der Waals surface area (Å²) in [5, 5.41) is 4.44. The molecule has 0 aliphatic heterocycles. The topological polar surface area (TPSA) is 56.2 Å². The first-order valence-electron chi connectivity index (χ1n) is 5.10. The number of hydrogen-bond acceptors (Lipinski definition) is 3. The van der Waals surface area contributed by atoms with E-state index in [1.165, 1.54) is 0 Å².